The van der Waals surface area contributed by atoms with Crippen molar-refractivity contribution in [2.24, 2.45) is 11.1 Å². The van der Waals surface area contributed by atoms with Gasteiger partial charge in [-0.15, -0.1) is 0 Å². The van der Waals surface area contributed by atoms with Crippen LogP contribution < -0.4 is 10.5 Å². The molecule has 0 aliphatic heterocycles. The molecular weight excluding hydrogens is 364 g/mol. The molecule has 1 aliphatic rings. The zero-order valence-corrected chi connectivity index (χ0v) is 16.9. The van der Waals surface area contributed by atoms with Gasteiger partial charge in [0.25, 0.3) is 0 Å². The first-order chi connectivity index (χ1) is 12.7. The number of nitrogens with one attached hydrogen (secondary N) is 1. The van der Waals surface area contributed by atoms with Gasteiger partial charge in [-0.05, 0) is 58.4 Å². The molecule has 0 bridgehead atoms. The van der Waals surface area contributed by atoms with E-state index in [-0.39, 0.29) is 17.7 Å². The summed E-state index contributed by atoms with van der Waals surface area (Å²) in [6.45, 7) is 6.24. The van der Waals surface area contributed by atoms with E-state index in [1.807, 2.05) is 19.2 Å². The number of hydrogen-bond acceptors (Lipinski definition) is 6. The van der Waals surface area contributed by atoms with Crippen molar-refractivity contribution in [1.29, 1.82) is 0 Å². The maximum Gasteiger partial charge on any atom is 0.223 e. The lowest BCUT2D eigenvalue weighted by molar-refractivity contribution is 0.360. The van der Waals surface area contributed by atoms with Crippen LogP contribution >= 0.6 is 0 Å². The summed E-state index contributed by atoms with van der Waals surface area (Å²) in [5, 5.41) is 8.54. The molecule has 0 aromatic carbocycles. The average Bonchev–Trinajstić information content (AvgIpc) is 2.98. The Kier molecular flexibility index (Phi) is 5.81. The highest BCUT2D eigenvalue weighted by molar-refractivity contribution is 7.89. The van der Waals surface area contributed by atoms with E-state index in [1.54, 1.807) is 6.20 Å². The molecule has 0 amide bonds. The van der Waals surface area contributed by atoms with Gasteiger partial charge in [-0.25, -0.2) is 28.5 Å². The lowest BCUT2D eigenvalue weighted by atomic mass is 9.87. The van der Waals surface area contributed by atoms with E-state index in [4.69, 9.17) is 5.14 Å². The minimum Gasteiger partial charge on any atom is -0.351 e. The average molecular weight is 393 g/mol. The molecule has 148 valence electrons. The van der Waals surface area contributed by atoms with Crippen molar-refractivity contribution in [3.8, 4) is 11.4 Å². The number of imidazole rings is 1. The smallest absolute Gasteiger partial charge is 0.223 e. The van der Waals surface area contributed by atoms with Gasteiger partial charge in [-0.2, -0.15) is 0 Å². The number of anilines is 1. The molecule has 2 aromatic heterocycles. The predicted molar refractivity (Wildman–Crippen MR) is 106 cm³/mol. The molecule has 1 fully saturated rings. The van der Waals surface area contributed by atoms with Gasteiger partial charge < -0.3 is 9.88 Å². The van der Waals surface area contributed by atoms with Crippen LogP contribution in [-0.4, -0.2) is 39.7 Å². The summed E-state index contributed by atoms with van der Waals surface area (Å²) in [4.78, 5) is 13.6. The van der Waals surface area contributed by atoms with E-state index in [2.05, 4.69) is 38.7 Å². The Balaban J connectivity index is 1.64. The van der Waals surface area contributed by atoms with Crippen LogP contribution in [0.3, 0.4) is 0 Å². The van der Waals surface area contributed by atoms with Crippen molar-refractivity contribution in [3.63, 3.8) is 0 Å². The Bertz CT molecular complexity index is 885. The zero-order valence-electron chi connectivity index (χ0n) is 16.1. The quantitative estimate of drug-likeness (QED) is 0.780. The number of aryl methyl sites for hydroxylation is 1. The fourth-order valence-corrected chi connectivity index (χ4v) is 4.68. The Labute approximate surface area is 160 Å². The van der Waals surface area contributed by atoms with Gasteiger partial charge in [0.2, 0.25) is 16.0 Å². The predicted octanol–water partition coefficient (Wildman–Crippen LogP) is 2.49. The summed E-state index contributed by atoms with van der Waals surface area (Å²) in [6.07, 6.45) is 7.20. The fraction of sp³-hybridized carbons (Fsp3) is 0.611. The van der Waals surface area contributed by atoms with E-state index < -0.39 is 10.0 Å². The van der Waals surface area contributed by atoms with E-state index >= 15 is 0 Å². The van der Waals surface area contributed by atoms with Crippen molar-refractivity contribution >= 4 is 16.0 Å². The fourth-order valence-electron chi connectivity index (χ4n) is 3.69. The van der Waals surface area contributed by atoms with Crippen molar-refractivity contribution < 1.29 is 8.42 Å². The van der Waals surface area contributed by atoms with Crippen LogP contribution in [0.2, 0.25) is 0 Å². The molecule has 0 atom stereocenters. The summed E-state index contributed by atoms with van der Waals surface area (Å²) in [5.41, 5.74) is 1.63. The highest BCUT2D eigenvalue weighted by atomic mass is 32.2. The first-order valence-corrected chi connectivity index (χ1v) is 11.1. The van der Waals surface area contributed by atoms with Crippen LogP contribution in [0, 0.1) is 12.8 Å². The van der Waals surface area contributed by atoms with Crippen LogP contribution in [0.1, 0.15) is 51.4 Å². The van der Waals surface area contributed by atoms with Gasteiger partial charge in [-0.3, -0.25) is 0 Å². The van der Waals surface area contributed by atoms with Crippen molar-refractivity contribution in [2.45, 2.75) is 58.5 Å². The Morgan fingerprint density at radius 2 is 1.93 bits per heavy atom. The lowest BCUT2D eigenvalue weighted by Crippen LogP contribution is -2.31. The topological polar surface area (TPSA) is 116 Å². The van der Waals surface area contributed by atoms with Crippen LogP contribution in [0.15, 0.2) is 18.5 Å². The second kappa shape index (κ2) is 7.93. The van der Waals surface area contributed by atoms with E-state index in [9.17, 15) is 8.42 Å². The summed E-state index contributed by atoms with van der Waals surface area (Å²) in [7, 11) is -3.40. The second-order valence-corrected chi connectivity index (χ2v) is 9.29. The minimum absolute atomic E-state index is 0.0730. The molecule has 8 nitrogen and oxygen atoms in total. The van der Waals surface area contributed by atoms with Gasteiger partial charge in [0.05, 0.1) is 11.4 Å². The number of nitrogens with zero attached hydrogens (tertiary/aromatic N) is 4. The maximum absolute atomic E-state index is 11.2. The SMILES string of the molecule is Cc1nc(-c2ccnc(NC3CCC(CS(N)(=O)=O)CC3)n2)cn1C(C)C. The number of rotatable bonds is 6. The summed E-state index contributed by atoms with van der Waals surface area (Å²) in [5.74, 6) is 1.76. The number of aromatic nitrogens is 4. The molecule has 0 saturated heterocycles. The minimum atomic E-state index is -3.40. The molecule has 3 rings (SSSR count). The summed E-state index contributed by atoms with van der Waals surface area (Å²) < 4.78 is 24.6. The molecule has 0 radical (unpaired) electrons. The Morgan fingerprint density at radius 1 is 1.22 bits per heavy atom. The first-order valence-electron chi connectivity index (χ1n) is 9.37. The molecular formula is C18H28N6O2S. The molecule has 1 saturated carbocycles. The van der Waals surface area contributed by atoms with E-state index in [1.165, 1.54) is 0 Å². The highest BCUT2D eigenvalue weighted by Crippen LogP contribution is 2.27. The summed E-state index contributed by atoms with van der Waals surface area (Å²) >= 11 is 0. The third-order valence-electron chi connectivity index (χ3n) is 5.04. The summed E-state index contributed by atoms with van der Waals surface area (Å²) in [6, 6.07) is 2.45. The van der Waals surface area contributed by atoms with Gasteiger partial charge in [0.1, 0.15) is 11.5 Å². The van der Waals surface area contributed by atoms with Gasteiger partial charge >= 0.3 is 0 Å². The molecule has 1 aliphatic carbocycles. The largest absolute Gasteiger partial charge is 0.351 e. The maximum atomic E-state index is 11.2. The standard InChI is InChI=1S/C18H28N6O2S/c1-12(2)24-10-17(21-13(24)3)16-8-9-20-18(23-16)22-15-6-4-14(5-7-15)11-27(19,25)26/h8-10,12,14-15H,4-7,11H2,1-3H3,(H2,19,25,26)(H,20,22,23). The van der Waals surface area contributed by atoms with E-state index in [0.29, 0.717) is 12.0 Å². The molecule has 2 aromatic rings. The van der Waals surface area contributed by atoms with Crippen LogP contribution in [0.25, 0.3) is 11.4 Å². The third-order valence-corrected chi connectivity index (χ3v) is 5.98. The number of sulfonamides is 1. The zero-order chi connectivity index (χ0) is 19.6. The molecule has 2 heterocycles. The molecule has 0 spiro atoms. The van der Waals surface area contributed by atoms with Crippen molar-refractivity contribution in [1.82, 2.24) is 19.5 Å². The molecule has 27 heavy (non-hydrogen) atoms. The van der Waals surface area contributed by atoms with Crippen LogP contribution in [0.5, 0.6) is 0 Å². The molecule has 3 N–H and O–H groups in total. The normalized spacial score (nSPS) is 20.8. The van der Waals surface area contributed by atoms with Gasteiger partial charge in [-0.1, -0.05) is 0 Å². The Morgan fingerprint density at radius 3 is 2.52 bits per heavy atom. The van der Waals surface area contributed by atoms with E-state index in [0.717, 1.165) is 42.9 Å². The highest BCUT2D eigenvalue weighted by Gasteiger charge is 2.24. The molecule has 0 unspecified atom stereocenters. The second-order valence-electron chi connectivity index (χ2n) is 7.63. The van der Waals surface area contributed by atoms with Crippen LogP contribution in [-0.2, 0) is 10.0 Å². The van der Waals surface area contributed by atoms with Crippen molar-refractivity contribution in [3.05, 3.63) is 24.3 Å². The Hall–Kier alpha value is -2.00. The first kappa shape index (κ1) is 19.8. The number of primary sulfonamides is 1. The van der Waals surface area contributed by atoms with Gasteiger partial charge in [0.15, 0.2) is 0 Å². The van der Waals surface area contributed by atoms with Crippen LogP contribution in [0.4, 0.5) is 5.95 Å². The van der Waals surface area contributed by atoms with Gasteiger partial charge in [0, 0.05) is 24.5 Å². The monoisotopic (exact) mass is 392 g/mol. The number of hydrogen-bond donors (Lipinski definition) is 2. The van der Waals surface area contributed by atoms with Crippen molar-refractivity contribution in [2.75, 3.05) is 11.1 Å². The third kappa shape index (κ3) is 5.26. The molecule has 9 heteroatoms. The lowest BCUT2D eigenvalue weighted by Gasteiger charge is -2.28. The number of nitrogens with two attached hydrogens (primary N) is 1.